The summed E-state index contributed by atoms with van der Waals surface area (Å²) in [5, 5.41) is 0. The second-order valence-electron chi connectivity index (χ2n) is 4.45. The van der Waals surface area contributed by atoms with Gasteiger partial charge in [0, 0.05) is 18.9 Å². The van der Waals surface area contributed by atoms with E-state index in [4.69, 9.17) is 15.0 Å². The lowest BCUT2D eigenvalue weighted by Gasteiger charge is -2.15. The first kappa shape index (κ1) is 15.1. The van der Waals surface area contributed by atoms with Crippen molar-refractivity contribution in [2.75, 3.05) is 18.9 Å². The van der Waals surface area contributed by atoms with E-state index in [1.54, 1.807) is 0 Å². The molecule has 4 heteroatoms. The summed E-state index contributed by atoms with van der Waals surface area (Å²) in [5.41, 5.74) is 7.49. The predicted molar refractivity (Wildman–Crippen MR) is 78.0 cm³/mol. The standard InChI is InChI=1S/C14H24BNO2/c1-3-5-11-17-15(18-12-6-4-2)13-7-9-14(16)10-8-13/h7-10H,3-6,11-12,16H2,1-2H3. The van der Waals surface area contributed by atoms with E-state index in [2.05, 4.69) is 13.8 Å². The number of nitrogen functional groups attached to an aromatic ring is 1. The van der Waals surface area contributed by atoms with Gasteiger partial charge in [0.2, 0.25) is 0 Å². The van der Waals surface area contributed by atoms with E-state index in [-0.39, 0.29) is 7.12 Å². The highest BCUT2D eigenvalue weighted by Gasteiger charge is 2.20. The minimum absolute atomic E-state index is 0.260. The molecule has 0 amide bonds. The van der Waals surface area contributed by atoms with E-state index in [1.807, 2.05) is 24.3 Å². The number of hydrogen-bond acceptors (Lipinski definition) is 3. The predicted octanol–water partition coefficient (Wildman–Crippen LogP) is 2.60. The molecule has 0 radical (unpaired) electrons. The Labute approximate surface area is 111 Å². The molecule has 3 nitrogen and oxygen atoms in total. The minimum Gasteiger partial charge on any atom is -0.407 e. The molecular weight excluding hydrogens is 225 g/mol. The van der Waals surface area contributed by atoms with Crippen molar-refractivity contribution in [1.82, 2.24) is 0 Å². The van der Waals surface area contributed by atoms with Gasteiger partial charge in [-0.1, -0.05) is 38.8 Å². The van der Waals surface area contributed by atoms with Gasteiger partial charge in [-0.15, -0.1) is 0 Å². The number of unbranched alkanes of at least 4 members (excludes halogenated alkanes) is 2. The number of nitrogens with two attached hydrogens (primary N) is 1. The molecule has 0 aliphatic carbocycles. The van der Waals surface area contributed by atoms with Crippen molar-refractivity contribution in [1.29, 1.82) is 0 Å². The lowest BCUT2D eigenvalue weighted by atomic mass is 9.78. The van der Waals surface area contributed by atoms with Crippen LogP contribution in [0.25, 0.3) is 0 Å². The molecule has 0 aliphatic rings. The quantitative estimate of drug-likeness (QED) is 0.415. The lowest BCUT2D eigenvalue weighted by Crippen LogP contribution is -2.37. The summed E-state index contributed by atoms with van der Waals surface area (Å²) in [7, 11) is -0.260. The van der Waals surface area contributed by atoms with E-state index in [0.29, 0.717) is 0 Å². The Balaban J connectivity index is 2.54. The second-order valence-corrected chi connectivity index (χ2v) is 4.45. The summed E-state index contributed by atoms with van der Waals surface area (Å²) in [6, 6.07) is 7.71. The van der Waals surface area contributed by atoms with Crippen molar-refractivity contribution >= 4 is 18.3 Å². The van der Waals surface area contributed by atoms with Crippen LogP contribution in [-0.4, -0.2) is 20.3 Å². The normalized spacial score (nSPS) is 10.6. The van der Waals surface area contributed by atoms with Crippen molar-refractivity contribution in [3.8, 4) is 0 Å². The van der Waals surface area contributed by atoms with E-state index in [1.165, 1.54) is 0 Å². The van der Waals surface area contributed by atoms with Gasteiger partial charge in [0.05, 0.1) is 0 Å². The number of anilines is 1. The van der Waals surface area contributed by atoms with Crippen LogP contribution in [0.5, 0.6) is 0 Å². The Bertz CT molecular complexity index is 306. The number of rotatable bonds is 9. The van der Waals surface area contributed by atoms with Crippen LogP contribution in [0.1, 0.15) is 39.5 Å². The van der Waals surface area contributed by atoms with Crippen molar-refractivity contribution in [3.05, 3.63) is 24.3 Å². The first-order valence-corrected chi connectivity index (χ1v) is 6.86. The molecule has 0 aliphatic heterocycles. The zero-order valence-electron chi connectivity index (χ0n) is 11.5. The summed E-state index contributed by atoms with van der Waals surface area (Å²) < 4.78 is 11.6. The van der Waals surface area contributed by atoms with Gasteiger partial charge < -0.3 is 15.0 Å². The van der Waals surface area contributed by atoms with Gasteiger partial charge in [-0.2, -0.15) is 0 Å². The molecular formula is C14H24BNO2. The third kappa shape index (κ3) is 5.56. The van der Waals surface area contributed by atoms with Crippen LogP contribution >= 0.6 is 0 Å². The molecule has 1 rings (SSSR count). The molecule has 0 bridgehead atoms. The van der Waals surface area contributed by atoms with Crippen LogP contribution in [0, 0.1) is 0 Å². The molecule has 0 aromatic heterocycles. The van der Waals surface area contributed by atoms with Gasteiger partial charge in [-0.05, 0) is 30.4 Å². The average molecular weight is 249 g/mol. The Morgan fingerprint density at radius 1 is 0.944 bits per heavy atom. The van der Waals surface area contributed by atoms with Gasteiger partial charge in [0.15, 0.2) is 0 Å². The van der Waals surface area contributed by atoms with E-state index in [9.17, 15) is 0 Å². The van der Waals surface area contributed by atoms with Gasteiger partial charge in [0.25, 0.3) is 0 Å². The Morgan fingerprint density at radius 3 is 1.89 bits per heavy atom. The molecule has 0 heterocycles. The van der Waals surface area contributed by atoms with Crippen LogP contribution in [0.3, 0.4) is 0 Å². The molecule has 1 aromatic carbocycles. The first-order valence-electron chi connectivity index (χ1n) is 6.86. The van der Waals surface area contributed by atoms with Crippen LogP contribution in [0.4, 0.5) is 5.69 Å². The molecule has 0 saturated heterocycles. The van der Waals surface area contributed by atoms with E-state index in [0.717, 1.165) is 50.0 Å². The van der Waals surface area contributed by atoms with Crippen molar-refractivity contribution in [2.45, 2.75) is 39.5 Å². The molecule has 100 valence electrons. The van der Waals surface area contributed by atoms with Gasteiger partial charge >= 0.3 is 7.12 Å². The molecule has 2 N–H and O–H groups in total. The smallest absolute Gasteiger partial charge is 0.407 e. The SMILES string of the molecule is CCCCOB(OCCCC)c1ccc(N)cc1. The first-order chi connectivity index (χ1) is 8.77. The molecule has 0 spiro atoms. The summed E-state index contributed by atoms with van der Waals surface area (Å²) in [6.07, 6.45) is 4.37. The minimum atomic E-state index is -0.260. The third-order valence-electron chi connectivity index (χ3n) is 2.74. The maximum Gasteiger partial charge on any atom is 0.493 e. The highest BCUT2D eigenvalue weighted by molar-refractivity contribution is 6.61. The van der Waals surface area contributed by atoms with Crippen LogP contribution in [0.15, 0.2) is 24.3 Å². The Kier molecular flexibility index (Phi) is 7.54. The second kappa shape index (κ2) is 9.00. The van der Waals surface area contributed by atoms with Crippen molar-refractivity contribution in [3.63, 3.8) is 0 Å². The molecule has 18 heavy (non-hydrogen) atoms. The summed E-state index contributed by atoms with van der Waals surface area (Å²) >= 11 is 0. The van der Waals surface area contributed by atoms with E-state index < -0.39 is 0 Å². The molecule has 1 aromatic rings. The van der Waals surface area contributed by atoms with Gasteiger partial charge in [-0.25, -0.2) is 0 Å². The molecule has 0 saturated carbocycles. The zero-order chi connectivity index (χ0) is 13.2. The van der Waals surface area contributed by atoms with Gasteiger partial charge in [-0.3, -0.25) is 0 Å². The third-order valence-corrected chi connectivity index (χ3v) is 2.74. The monoisotopic (exact) mass is 249 g/mol. The number of benzene rings is 1. The Hall–Kier alpha value is -0.995. The summed E-state index contributed by atoms with van der Waals surface area (Å²) in [5.74, 6) is 0. The highest BCUT2D eigenvalue weighted by atomic mass is 16.6. The molecule has 0 atom stereocenters. The fourth-order valence-corrected chi connectivity index (χ4v) is 1.56. The molecule has 0 fully saturated rings. The maximum atomic E-state index is 5.79. The number of hydrogen-bond donors (Lipinski definition) is 1. The summed E-state index contributed by atoms with van der Waals surface area (Å²) in [4.78, 5) is 0. The van der Waals surface area contributed by atoms with Crippen LogP contribution in [0.2, 0.25) is 0 Å². The zero-order valence-corrected chi connectivity index (χ0v) is 11.5. The van der Waals surface area contributed by atoms with Crippen molar-refractivity contribution in [2.24, 2.45) is 0 Å². The highest BCUT2D eigenvalue weighted by Crippen LogP contribution is 2.02. The topological polar surface area (TPSA) is 44.5 Å². The maximum absolute atomic E-state index is 5.79. The molecule has 0 unspecified atom stereocenters. The van der Waals surface area contributed by atoms with Crippen molar-refractivity contribution < 1.29 is 9.31 Å². The lowest BCUT2D eigenvalue weighted by molar-refractivity contribution is 0.202. The Morgan fingerprint density at radius 2 is 1.44 bits per heavy atom. The summed E-state index contributed by atoms with van der Waals surface area (Å²) in [6.45, 7) is 5.77. The largest absolute Gasteiger partial charge is 0.493 e. The van der Waals surface area contributed by atoms with Gasteiger partial charge in [0.1, 0.15) is 0 Å². The fraction of sp³-hybridized carbons (Fsp3) is 0.571. The average Bonchev–Trinajstić information content (AvgIpc) is 2.38. The van der Waals surface area contributed by atoms with Crippen LogP contribution in [-0.2, 0) is 9.31 Å². The van der Waals surface area contributed by atoms with Crippen LogP contribution < -0.4 is 11.2 Å². The van der Waals surface area contributed by atoms with E-state index >= 15 is 0 Å². The fourth-order valence-electron chi connectivity index (χ4n) is 1.56.